The van der Waals surface area contributed by atoms with Crippen molar-refractivity contribution >= 4 is 0 Å². The van der Waals surface area contributed by atoms with Crippen LogP contribution in [0.15, 0.2) is 48.8 Å². The molecule has 2 unspecified atom stereocenters. The summed E-state index contributed by atoms with van der Waals surface area (Å²) in [5.74, 6) is 0. The normalized spacial score (nSPS) is 28.1. The highest BCUT2D eigenvalue weighted by Crippen LogP contribution is 2.40. The first-order valence-electron chi connectivity index (χ1n) is 8.69. The molecule has 3 heteroatoms. The van der Waals surface area contributed by atoms with Gasteiger partial charge in [-0.05, 0) is 56.7 Å². The van der Waals surface area contributed by atoms with E-state index in [0.29, 0.717) is 6.04 Å². The van der Waals surface area contributed by atoms with Crippen LogP contribution in [0.1, 0.15) is 43.7 Å². The predicted molar refractivity (Wildman–Crippen MR) is 88.8 cm³/mol. The molecule has 2 saturated heterocycles. The van der Waals surface area contributed by atoms with Crippen molar-refractivity contribution < 1.29 is 0 Å². The number of rotatable bonds is 5. The summed E-state index contributed by atoms with van der Waals surface area (Å²) in [7, 11) is 0. The highest BCUT2D eigenvalue weighted by Gasteiger charge is 2.40. The Balaban J connectivity index is 1.33. The Morgan fingerprint density at radius 2 is 1.73 bits per heavy atom. The molecule has 2 aliphatic heterocycles. The highest BCUT2D eigenvalue weighted by atomic mass is 15.3. The number of fused-ring (bicyclic) bond motifs is 2. The quantitative estimate of drug-likeness (QED) is 0.839. The van der Waals surface area contributed by atoms with Crippen molar-refractivity contribution in [1.29, 1.82) is 0 Å². The van der Waals surface area contributed by atoms with E-state index in [9.17, 15) is 0 Å². The minimum Gasteiger partial charge on any atom is -0.297 e. The molecule has 0 aliphatic carbocycles. The van der Waals surface area contributed by atoms with Crippen LogP contribution in [0.2, 0.25) is 0 Å². The van der Waals surface area contributed by atoms with Crippen LogP contribution in [-0.2, 0) is 6.42 Å². The van der Waals surface area contributed by atoms with Gasteiger partial charge in [0.25, 0.3) is 0 Å². The summed E-state index contributed by atoms with van der Waals surface area (Å²) in [6, 6.07) is 15.1. The lowest BCUT2D eigenvalue weighted by Gasteiger charge is -2.39. The number of hydrogen-bond donors (Lipinski definition) is 0. The van der Waals surface area contributed by atoms with Gasteiger partial charge in [0, 0.05) is 24.5 Å². The van der Waals surface area contributed by atoms with Crippen LogP contribution in [0.5, 0.6) is 0 Å². The maximum atomic E-state index is 4.46. The Kier molecular flexibility index (Phi) is 3.98. The second kappa shape index (κ2) is 6.25. The van der Waals surface area contributed by atoms with Crippen LogP contribution >= 0.6 is 0 Å². The lowest BCUT2D eigenvalue weighted by molar-refractivity contribution is 0.101. The number of benzene rings is 1. The van der Waals surface area contributed by atoms with Crippen molar-refractivity contribution in [2.45, 2.75) is 56.7 Å². The first kappa shape index (κ1) is 14.0. The van der Waals surface area contributed by atoms with Gasteiger partial charge >= 0.3 is 0 Å². The molecule has 2 atom stereocenters. The molecule has 4 rings (SSSR count). The van der Waals surface area contributed by atoms with Crippen LogP contribution in [0.3, 0.4) is 0 Å². The van der Waals surface area contributed by atoms with E-state index in [0.717, 1.165) is 12.1 Å². The van der Waals surface area contributed by atoms with Crippen LogP contribution in [0, 0.1) is 0 Å². The summed E-state index contributed by atoms with van der Waals surface area (Å²) in [6.45, 7) is 1.26. The minimum absolute atomic E-state index is 0.623. The van der Waals surface area contributed by atoms with Crippen LogP contribution in [-0.4, -0.2) is 33.3 Å². The number of aryl methyl sites for hydroxylation is 1. The zero-order valence-electron chi connectivity index (χ0n) is 13.1. The van der Waals surface area contributed by atoms with Gasteiger partial charge in [-0.1, -0.05) is 30.3 Å². The smallest absolute Gasteiger partial charge is 0.0549 e. The molecule has 1 aromatic heterocycles. The van der Waals surface area contributed by atoms with Gasteiger partial charge in [-0.2, -0.15) is 5.10 Å². The van der Waals surface area contributed by atoms with Gasteiger partial charge in [-0.3, -0.25) is 9.58 Å². The fourth-order valence-electron chi connectivity index (χ4n) is 4.43. The highest BCUT2D eigenvalue weighted by molar-refractivity contribution is 5.14. The standard InChI is InChI=1S/C19H25N3/c1-2-6-16(7-3-1)8-4-12-21-17-9-10-18(21)15-19(14-17)22-13-5-11-20-22/h1-3,5-7,11,13,17-19H,4,8-10,12,14-15H2. The molecular formula is C19H25N3. The van der Waals surface area contributed by atoms with Crippen molar-refractivity contribution in [2.75, 3.05) is 6.54 Å². The Morgan fingerprint density at radius 3 is 2.41 bits per heavy atom. The second-order valence-electron chi connectivity index (χ2n) is 6.82. The lowest BCUT2D eigenvalue weighted by Crippen LogP contribution is -2.44. The monoisotopic (exact) mass is 295 g/mol. The Hall–Kier alpha value is -1.61. The lowest BCUT2D eigenvalue weighted by atomic mass is 9.97. The number of nitrogens with zero attached hydrogens (tertiary/aromatic N) is 3. The molecule has 2 fully saturated rings. The summed E-state index contributed by atoms with van der Waals surface area (Å²) in [4.78, 5) is 2.79. The Labute approximate surface area is 132 Å². The zero-order chi connectivity index (χ0) is 14.8. The van der Waals surface area contributed by atoms with Gasteiger partial charge in [0.2, 0.25) is 0 Å². The molecule has 2 aromatic rings. The van der Waals surface area contributed by atoms with Crippen molar-refractivity contribution in [2.24, 2.45) is 0 Å². The van der Waals surface area contributed by atoms with Crippen LogP contribution < -0.4 is 0 Å². The SMILES string of the molecule is c1ccc(CCCN2C3CCC2CC(n2cccn2)C3)cc1. The first-order valence-corrected chi connectivity index (χ1v) is 8.69. The van der Waals surface area contributed by atoms with E-state index in [-0.39, 0.29) is 0 Å². The molecule has 1 aromatic carbocycles. The Morgan fingerprint density at radius 1 is 0.955 bits per heavy atom. The van der Waals surface area contributed by atoms with E-state index in [4.69, 9.17) is 0 Å². The fraction of sp³-hybridized carbons (Fsp3) is 0.526. The van der Waals surface area contributed by atoms with Crippen molar-refractivity contribution in [3.8, 4) is 0 Å². The first-order chi connectivity index (χ1) is 10.9. The summed E-state index contributed by atoms with van der Waals surface area (Å²) < 4.78 is 2.19. The average Bonchev–Trinajstić information content (AvgIpc) is 3.16. The molecule has 2 bridgehead atoms. The van der Waals surface area contributed by atoms with Gasteiger partial charge < -0.3 is 0 Å². The van der Waals surface area contributed by atoms with E-state index < -0.39 is 0 Å². The molecule has 0 N–H and O–H groups in total. The largest absolute Gasteiger partial charge is 0.297 e. The second-order valence-corrected chi connectivity index (χ2v) is 6.82. The molecule has 0 spiro atoms. The molecule has 2 aliphatic rings. The number of piperidine rings is 1. The maximum absolute atomic E-state index is 4.46. The summed E-state index contributed by atoms with van der Waals surface area (Å²) in [5, 5.41) is 4.46. The summed E-state index contributed by atoms with van der Waals surface area (Å²) in [5.41, 5.74) is 1.47. The minimum atomic E-state index is 0.623. The molecular weight excluding hydrogens is 270 g/mol. The van der Waals surface area contributed by atoms with E-state index in [1.807, 2.05) is 12.3 Å². The molecule has 116 valence electrons. The summed E-state index contributed by atoms with van der Waals surface area (Å²) in [6.07, 6.45) is 11.9. The van der Waals surface area contributed by atoms with E-state index in [1.165, 1.54) is 50.6 Å². The molecule has 22 heavy (non-hydrogen) atoms. The van der Waals surface area contributed by atoms with Crippen LogP contribution in [0.25, 0.3) is 0 Å². The van der Waals surface area contributed by atoms with Gasteiger partial charge in [0.05, 0.1) is 6.04 Å². The van der Waals surface area contributed by atoms with Gasteiger partial charge in [-0.15, -0.1) is 0 Å². The molecule has 3 nitrogen and oxygen atoms in total. The summed E-state index contributed by atoms with van der Waals surface area (Å²) >= 11 is 0. The third kappa shape index (κ3) is 2.82. The molecule has 0 radical (unpaired) electrons. The van der Waals surface area contributed by atoms with Gasteiger partial charge in [0.15, 0.2) is 0 Å². The van der Waals surface area contributed by atoms with E-state index in [2.05, 4.69) is 51.2 Å². The van der Waals surface area contributed by atoms with Gasteiger partial charge in [-0.25, -0.2) is 0 Å². The van der Waals surface area contributed by atoms with E-state index >= 15 is 0 Å². The van der Waals surface area contributed by atoms with Crippen molar-refractivity contribution in [3.63, 3.8) is 0 Å². The topological polar surface area (TPSA) is 21.1 Å². The van der Waals surface area contributed by atoms with Crippen LogP contribution in [0.4, 0.5) is 0 Å². The number of hydrogen-bond acceptors (Lipinski definition) is 2. The molecule has 3 heterocycles. The average molecular weight is 295 g/mol. The van der Waals surface area contributed by atoms with Crippen molar-refractivity contribution in [1.82, 2.24) is 14.7 Å². The zero-order valence-corrected chi connectivity index (χ0v) is 13.1. The van der Waals surface area contributed by atoms with Gasteiger partial charge in [0.1, 0.15) is 0 Å². The Bertz CT molecular complexity index is 564. The number of aromatic nitrogens is 2. The maximum Gasteiger partial charge on any atom is 0.0549 e. The van der Waals surface area contributed by atoms with E-state index in [1.54, 1.807) is 0 Å². The fourth-order valence-corrected chi connectivity index (χ4v) is 4.43. The third-order valence-electron chi connectivity index (χ3n) is 5.48. The predicted octanol–water partition coefficient (Wildman–Crippen LogP) is 3.68. The molecule has 0 amide bonds. The third-order valence-corrected chi connectivity index (χ3v) is 5.48. The van der Waals surface area contributed by atoms with Crippen molar-refractivity contribution in [3.05, 3.63) is 54.4 Å². The molecule has 0 saturated carbocycles.